The van der Waals surface area contributed by atoms with Crippen molar-refractivity contribution in [1.82, 2.24) is 0 Å². The van der Waals surface area contributed by atoms with Crippen molar-refractivity contribution in [2.24, 2.45) is 0 Å². The van der Waals surface area contributed by atoms with Crippen LogP contribution in [0.5, 0.6) is 5.75 Å². The van der Waals surface area contributed by atoms with Crippen LogP contribution in [0.4, 0.5) is 0 Å². The van der Waals surface area contributed by atoms with Gasteiger partial charge in [-0.15, -0.1) is 0 Å². The van der Waals surface area contributed by atoms with Crippen LogP contribution in [0, 0.1) is 0 Å². The number of hydrogen-bond acceptors (Lipinski definition) is 3. The number of allylic oxidation sites excluding steroid dienone is 1. The maximum atomic E-state index is 11.0. The second-order valence-corrected chi connectivity index (χ2v) is 3.30. The number of para-hydroxylation sites is 1. The van der Waals surface area contributed by atoms with Crippen molar-refractivity contribution in [2.45, 2.75) is 13.8 Å². The van der Waals surface area contributed by atoms with E-state index in [9.17, 15) is 5.11 Å². The minimum absolute atomic E-state index is 0. The summed E-state index contributed by atoms with van der Waals surface area (Å²) in [5.41, 5.74) is 0.648. The van der Waals surface area contributed by atoms with E-state index in [0.717, 1.165) is 5.75 Å². The van der Waals surface area contributed by atoms with E-state index in [4.69, 9.17) is 9.47 Å². The average molecular weight is 214 g/mol. The van der Waals surface area contributed by atoms with Crippen molar-refractivity contribution in [3.05, 3.63) is 41.9 Å². The van der Waals surface area contributed by atoms with E-state index in [1.807, 2.05) is 30.3 Å². The SMILES string of the molecule is CC(C)=C([O-])OCCOc1ccccc1.[Li+]. The molecule has 0 bridgehead atoms. The maximum Gasteiger partial charge on any atom is 1.00 e. The molecular formula is C12H15LiO3. The summed E-state index contributed by atoms with van der Waals surface area (Å²) in [5.74, 6) is 0.511. The molecule has 0 atom stereocenters. The van der Waals surface area contributed by atoms with Gasteiger partial charge in [-0.25, -0.2) is 0 Å². The van der Waals surface area contributed by atoms with Crippen molar-refractivity contribution in [3.8, 4) is 5.75 Å². The Morgan fingerprint density at radius 3 is 2.31 bits per heavy atom. The third kappa shape index (κ3) is 5.75. The zero-order valence-electron chi connectivity index (χ0n) is 10.0. The van der Waals surface area contributed by atoms with Gasteiger partial charge in [0.1, 0.15) is 5.75 Å². The summed E-state index contributed by atoms with van der Waals surface area (Å²) in [6.07, 6.45) is 0. The molecule has 1 rings (SSSR count). The average Bonchev–Trinajstić information content (AvgIpc) is 2.25. The van der Waals surface area contributed by atoms with Crippen molar-refractivity contribution >= 4 is 0 Å². The first kappa shape index (κ1) is 15.0. The van der Waals surface area contributed by atoms with Crippen molar-refractivity contribution in [3.63, 3.8) is 0 Å². The predicted octanol–water partition coefficient (Wildman–Crippen LogP) is -1.30. The van der Waals surface area contributed by atoms with Crippen LogP contribution in [0.15, 0.2) is 41.9 Å². The summed E-state index contributed by atoms with van der Waals surface area (Å²) in [6, 6.07) is 9.43. The van der Waals surface area contributed by atoms with E-state index >= 15 is 0 Å². The standard InChI is InChI=1S/C12H16O3.Li/c1-10(2)12(13)15-9-8-14-11-6-4-3-5-7-11;/h3-7,13H,8-9H2,1-2H3;/q;+1/p-1. The summed E-state index contributed by atoms with van der Waals surface area (Å²) in [6.45, 7) is 4.10. The number of hydrogen-bond donors (Lipinski definition) is 0. The molecule has 0 spiro atoms. The van der Waals surface area contributed by atoms with Crippen molar-refractivity contribution in [2.75, 3.05) is 13.2 Å². The molecule has 3 nitrogen and oxygen atoms in total. The van der Waals surface area contributed by atoms with Crippen LogP contribution in [0.2, 0.25) is 0 Å². The molecule has 0 saturated heterocycles. The molecule has 0 aliphatic heterocycles. The Labute approximate surface area is 108 Å². The zero-order chi connectivity index (χ0) is 11.1. The minimum atomic E-state index is -0.272. The third-order valence-corrected chi connectivity index (χ3v) is 1.74. The molecule has 0 fully saturated rings. The molecule has 16 heavy (non-hydrogen) atoms. The zero-order valence-corrected chi connectivity index (χ0v) is 10.0. The first-order valence-corrected chi connectivity index (χ1v) is 4.85. The van der Waals surface area contributed by atoms with E-state index in [0.29, 0.717) is 12.2 Å². The quantitative estimate of drug-likeness (QED) is 0.347. The van der Waals surface area contributed by atoms with E-state index < -0.39 is 0 Å². The van der Waals surface area contributed by atoms with Crippen LogP contribution in [0.1, 0.15) is 13.8 Å². The van der Waals surface area contributed by atoms with E-state index in [1.165, 1.54) is 0 Å². The molecule has 0 amide bonds. The van der Waals surface area contributed by atoms with Crippen LogP contribution < -0.4 is 28.7 Å². The van der Waals surface area contributed by atoms with Gasteiger partial charge in [0.25, 0.3) is 0 Å². The van der Waals surface area contributed by atoms with E-state index in [2.05, 4.69) is 0 Å². The monoisotopic (exact) mass is 214 g/mol. The van der Waals surface area contributed by atoms with Gasteiger partial charge in [0.15, 0.2) is 0 Å². The second kappa shape index (κ2) is 8.15. The molecule has 0 aliphatic rings. The molecule has 0 radical (unpaired) electrons. The van der Waals surface area contributed by atoms with E-state index in [-0.39, 0.29) is 31.4 Å². The van der Waals surface area contributed by atoms with Gasteiger partial charge in [0, 0.05) is 12.6 Å². The molecule has 0 heterocycles. The van der Waals surface area contributed by atoms with Crippen molar-refractivity contribution < 1.29 is 33.4 Å². The normalized spacial score (nSPS) is 8.88. The van der Waals surface area contributed by atoms with Gasteiger partial charge >= 0.3 is 18.9 Å². The van der Waals surface area contributed by atoms with Gasteiger partial charge in [0.05, 0.1) is 6.61 Å². The van der Waals surface area contributed by atoms with E-state index in [1.54, 1.807) is 13.8 Å². The molecule has 1 aromatic carbocycles. The fraction of sp³-hybridized carbons (Fsp3) is 0.333. The first-order chi connectivity index (χ1) is 7.20. The largest absolute Gasteiger partial charge is 1.00 e. The van der Waals surface area contributed by atoms with Gasteiger partial charge in [-0.2, -0.15) is 0 Å². The molecule has 0 unspecified atom stereocenters. The Hall–Kier alpha value is -1.04. The predicted molar refractivity (Wildman–Crippen MR) is 56.3 cm³/mol. The Morgan fingerprint density at radius 2 is 1.75 bits per heavy atom. The van der Waals surface area contributed by atoms with Crippen molar-refractivity contribution in [1.29, 1.82) is 0 Å². The molecule has 0 aliphatic carbocycles. The van der Waals surface area contributed by atoms with Crippen LogP contribution in [-0.4, -0.2) is 13.2 Å². The third-order valence-electron chi connectivity index (χ3n) is 1.74. The summed E-state index contributed by atoms with van der Waals surface area (Å²) in [5, 5.41) is 11.0. The minimum Gasteiger partial charge on any atom is -0.610 e. The molecular weight excluding hydrogens is 199 g/mol. The fourth-order valence-electron chi connectivity index (χ4n) is 0.955. The van der Waals surface area contributed by atoms with Gasteiger partial charge in [-0.05, 0) is 26.0 Å². The summed E-state index contributed by atoms with van der Waals surface area (Å²) in [7, 11) is 0. The summed E-state index contributed by atoms with van der Waals surface area (Å²) >= 11 is 0. The molecule has 4 heteroatoms. The maximum absolute atomic E-state index is 11.0. The summed E-state index contributed by atoms with van der Waals surface area (Å²) in [4.78, 5) is 0. The Morgan fingerprint density at radius 1 is 1.12 bits per heavy atom. The van der Waals surface area contributed by atoms with Gasteiger partial charge in [0.2, 0.25) is 0 Å². The molecule has 0 aromatic heterocycles. The number of rotatable bonds is 5. The summed E-state index contributed by atoms with van der Waals surface area (Å²) < 4.78 is 10.3. The van der Waals surface area contributed by atoms with Gasteiger partial charge in [-0.1, -0.05) is 23.8 Å². The second-order valence-electron chi connectivity index (χ2n) is 3.30. The Kier molecular flexibility index (Phi) is 7.62. The topological polar surface area (TPSA) is 41.5 Å². The van der Waals surface area contributed by atoms with Crippen LogP contribution in [0.25, 0.3) is 0 Å². The molecule has 1 aromatic rings. The first-order valence-electron chi connectivity index (χ1n) is 4.85. The van der Waals surface area contributed by atoms with Crippen LogP contribution in [-0.2, 0) is 4.74 Å². The fourth-order valence-corrected chi connectivity index (χ4v) is 0.955. The van der Waals surface area contributed by atoms with Gasteiger partial charge < -0.3 is 14.6 Å². The molecule has 0 saturated carbocycles. The van der Waals surface area contributed by atoms with Crippen LogP contribution in [0.3, 0.4) is 0 Å². The number of ether oxygens (including phenoxy) is 2. The Balaban J connectivity index is 0.00000225. The van der Waals surface area contributed by atoms with Crippen LogP contribution >= 0.6 is 0 Å². The number of benzene rings is 1. The Bertz CT molecular complexity index is 318. The molecule has 0 N–H and O–H groups in total. The van der Waals surface area contributed by atoms with Gasteiger partial charge in [-0.3, -0.25) is 0 Å². The smallest absolute Gasteiger partial charge is 0.610 e. The molecule has 82 valence electrons.